The molecular formula is C12H16O3S2. The smallest absolute Gasteiger partial charge is 0.172 e. The van der Waals surface area contributed by atoms with Crippen LogP contribution in [0.5, 0.6) is 0 Å². The minimum absolute atomic E-state index is 0.0908. The number of aryl methyl sites for hydroxylation is 2. The quantitative estimate of drug-likeness (QED) is 0.772. The van der Waals surface area contributed by atoms with Gasteiger partial charge in [0.15, 0.2) is 5.78 Å². The highest BCUT2D eigenvalue weighted by Gasteiger charge is 2.18. The van der Waals surface area contributed by atoms with E-state index in [-0.39, 0.29) is 11.5 Å². The van der Waals surface area contributed by atoms with Crippen molar-refractivity contribution in [2.45, 2.75) is 32.1 Å². The molecule has 0 N–H and O–H groups in total. The summed E-state index contributed by atoms with van der Waals surface area (Å²) in [6.45, 7) is 0. The number of hydrogen-bond donors (Lipinski definition) is 0. The molecule has 0 fully saturated rings. The van der Waals surface area contributed by atoms with E-state index in [0.29, 0.717) is 12.8 Å². The van der Waals surface area contributed by atoms with Crippen LogP contribution in [0.25, 0.3) is 0 Å². The molecule has 0 atom stereocenters. The summed E-state index contributed by atoms with van der Waals surface area (Å²) < 4.78 is 21.9. The number of rotatable bonds is 5. The third-order valence-corrected chi connectivity index (χ3v) is 5.25. The van der Waals surface area contributed by atoms with E-state index in [4.69, 9.17) is 0 Å². The van der Waals surface area contributed by atoms with Crippen molar-refractivity contribution in [3.8, 4) is 0 Å². The van der Waals surface area contributed by atoms with Gasteiger partial charge in [-0.3, -0.25) is 4.79 Å². The second-order valence-corrected chi connectivity index (χ2v) is 7.97. The second kappa shape index (κ2) is 4.90. The van der Waals surface area contributed by atoms with Gasteiger partial charge >= 0.3 is 0 Å². The molecule has 0 saturated carbocycles. The lowest BCUT2D eigenvalue weighted by atomic mass is 10.2. The Morgan fingerprint density at radius 1 is 1.41 bits per heavy atom. The molecular weight excluding hydrogens is 256 g/mol. The maximum atomic E-state index is 11.9. The van der Waals surface area contributed by atoms with Crippen molar-refractivity contribution in [1.82, 2.24) is 0 Å². The summed E-state index contributed by atoms with van der Waals surface area (Å²) in [4.78, 5) is 14.0. The van der Waals surface area contributed by atoms with Crippen LogP contribution < -0.4 is 0 Å². The van der Waals surface area contributed by atoms with Crippen molar-refractivity contribution in [2.75, 3.05) is 12.0 Å². The predicted octanol–water partition coefficient (Wildman–Crippen LogP) is 2.24. The van der Waals surface area contributed by atoms with E-state index in [1.165, 1.54) is 23.1 Å². The Morgan fingerprint density at radius 2 is 2.18 bits per heavy atom. The number of carbonyl (C=O) groups is 1. The minimum atomic E-state index is -2.95. The first kappa shape index (κ1) is 12.8. The monoisotopic (exact) mass is 272 g/mol. The lowest BCUT2D eigenvalue weighted by Gasteiger charge is -1.98. The Hall–Kier alpha value is -0.680. The van der Waals surface area contributed by atoms with Gasteiger partial charge in [-0.1, -0.05) is 0 Å². The van der Waals surface area contributed by atoms with E-state index in [0.717, 1.165) is 17.7 Å². The van der Waals surface area contributed by atoms with E-state index in [2.05, 4.69) is 0 Å². The largest absolute Gasteiger partial charge is 0.293 e. The molecule has 0 aromatic carbocycles. The Kier molecular flexibility index (Phi) is 3.68. The van der Waals surface area contributed by atoms with Crippen LogP contribution in [0, 0.1) is 0 Å². The number of ketones is 1. The second-order valence-electron chi connectivity index (χ2n) is 4.57. The summed E-state index contributed by atoms with van der Waals surface area (Å²) in [5.41, 5.74) is 1.32. The molecule has 1 aliphatic carbocycles. The molecule has 0 spiro atoms. The molecule has 0 radical (unpaired) electrons. The first-order chi connectivity index (χ1) is 7.96. The summed E-state index contributed by atoms with van der Waals surface area (Å²) in [5.74, 6) is 0.192. The van der Waals surface area contributed by atoms with Crippen molar-refractivity contribution >= 4 is 27.0 Å². The van der Waals surface area contributed by atoms with Crippen LogP contribution in [0.15, 0.2) is 6.07 Å². The Labute approximate surface area is 106 Å². The Balaban J connectivity index is 1.91. The summed E-state index contributed by atoms with van der Waals surface area (Å²) in [6, 6.07) is 2.00. The molecule has 5 heteroatoms. The van der Waals surface area contributed by atoms with Gasteiger partial charge in [-0.2, -0.15) is 0 Å². The molecule has 1 aliphatic rings. The number of sulfone groups is 1. The summed E-state index contributed by atoms with van der Waals surface area (Å²) in [5, 5.41) is 0. The normalized spacial score (nSPS) is 14.9. The molecule has 1 aromatic rings. The van der Waals surface area contributed by atoms with Crippen LogP contribution >= 0.6 is 11.3 Å². The fourth-order valence-corrected chi connectivity index (χ4v) is 3.97. The maximum Gasteiger partial charge on any atom is 0.172 e. The standard InChI is InChI=1S/C12H16O3S2/c1-17(14,15)7-3-5-10(13)12-8-9-4-2-6-11(9)16-12/h8H,2-7H2,1H3. The Bertz CT molecular complexity index is 504. The molecule has 0 bridgehead atoms. The topological polar surface area (TPSA) is 51.2 Å². The van der Waals surface area contributed by atoms with Crippen molar-refractivity contribution in [2.24, 2.45) is 0 Å². The zero-order valence-electron chi connectivity index (χ0n) is 9.86. The fourth-order valence-electron chi connectivity index (χ4n) is 2.08. The van der Waals surface area contributed by atoms with Gasteiger partial charge in [-0.25, -0.2) is 8.42 Å². The number of fused-ring (bicyclic) bond motifs is 1. The third-order valence-electron chi connectivity index (χ3n) is 2.94. The lowest BCUT2D eigenvalue weighted by molar-refractivity contribution is 0.0986. The van der Waals surface area contributed by atoms with Gasteiger partial charge in [0.25, 0.3) is 0 Å². The zero-order chi connectivity index (χ0) is 12.5. The average molecular weight is 272 g/mol. The van der Waals surface area contributed by atoms with Crippen LogP contribution in [0.4, 0.5) is 0 Å². The molecule has 2 rings (SSSR count). The van der Waals surface area contributed by atoms with Gasteiger partial charge < -0.3 is 0 Å². The molecule has 94 valence electrons. The Morgan fingerprint density at radius 3 is 2.82 bits per heavy atom. The van der Waals surface area contributed by atoms with Crippen LogP contribution in [-0.4, -0.2) is 26.2 Å². The summed E-state index contributed by atoms with van der Waals surface area (Å²) in [6.07, 6.45) is 5.35. The number of Topliss-reactive ketones (excluding diaryl/α,β-unsaturated/α-hetero) is 1. The zero-order valence-corrected chi connectivity index (χ0v) is 11.5. The molecule has 1 aromatic heterocycles. The van der Waals surface area contributed by atoms with Crippen LogP contribution in [0.2, 0.25) is 0 Å². The summed E-state index contributed by atoms with van der Waals surface area (Å²) in [7, 11) is -2.95. The predicted molar refractivity (Wildman–Crippen MR) is 69.6 cm³/mol. The molecule has 0 unspecified atom stereocenters. The fraction of sp³-hybridized carbons (Fsp3) is 0.583. The SMILES string of the molecule is CS(=O)(=O)CCCC(=O)c1cc2c(s1)CCC2. The van der Waals surface area contributed by atoms with E-state index < -0.39 is 9.84 Å². The molecule has 1 heterocycles. The number of hydrogen-bond acceptors (Lipinski definition) is 4. The van der Waals surface area contributed by atoms with Crippen LogP contribution in [0.1, 0.15) is 39.4 Å². The van der Waals surface area contributed by atoms with E-state index in [1.807, 2.05) is 6.07 Å². The van der Waals surface area contributed by atoms with E-state index >= 15 is 0 Å². The maximum absolute atomic E-state index is 11.9. The number of thiophene rings is 1. The van der Waals surface area contributed by atoms with Gasteiger partial charge in [-0.15, -0.1) is 11.3 Å². The van der Waals surface area contributed by atoms with E-state index in [1.54, 1.807) is 11.3 Å². The molecule has 0 amide bonds. The average Bonchev–Trinajstić information content (AvgIpc) is 2.73. The van der Waals surface area contributed by atoms with Gasteiger partial charge in [0, 0.05) is 17.6 Å². The molecule has 0 aliphatic heterocycles. The lowest BCUT2D eigenvalue weighted by Crippen LogP contribution is -2.05. The first-order valence-corrected chi connectivity index (χ1v) is 8.66. The molecule has 0 saturated heterocycles. The van der Waals surface area contributed by atoms with Crippen molar-refractivity contribution < 1.29 is 13.2 Å². The summed E-state index contributed by atoms with van der Waals surface area (Å²) >= 11 is 1.59. The highest BCUT2D eigenvalue weighted by molar-refractivity contribution is 7.90. The van der Waals surface area contributed by atoms with Crippen molar-refractivity contribution in [1.29, 1.82) is 0 Å². The molecule has 3 nitrogen and oxygen atoms in total. The van der Waals surface area contributed by atoms with Crippen LogP contribution in [0.3, 0.4) is 0 Å². The van der Waals surface area contributed by atoms with Crippen LogP contribution in [-0.2, 0) is 22.7 Å². The van der Waals surface area contributed by atoms with E-state index in [9.17, 15) is 13.2 Å². The highest BCUT2D eigenvalue weighted by Crippen LogP contribution is 2.31. The van der Waals surface area contributed by atoms with Crippen molar-refractivity contribution in [3.63, 3.8) is 0 Å². The van der Waals surface area contributed by atoms with Gasteiger partial charge in [0.05, 0.1) is 10.6 Å². The van der Waals surface area contributed by atoms with Crippen molar-refractivity contribution in [3.05, 3.63) is 21.4 Å². The molecule has 17 heavy (non-hydrogen) atoms. The first-order valence-electron chi connectivity index (χ1n) is 5.78. The van der Waals surface area contributed by atoms with Gasteiger partial charge in [0.2, 0.25) is 0 Å². The highest BCUT2D eigenvalue weighted by atomic mass is 32.2. The minimum Gasteiger partial charge on any atom is -0.293 e. The number of carbonyl (C=O) groups excluding carboxylic acids is 1. The third kappa shape index (κ3) is 3.39. The van der Waals surface area contributed by atoms with Gasteiger partial charge in [-0.05, 0) is 37.3 Å². The van der Waals surface area contributed by atoms with Gasteiger partial charge in [0.1, 0.15) is 9.84 Å².